The predicted molar refractivity (Wildman–Crippen MR) is 172 cm³/mol. The van der Waals surface area contributed by atoms with Gasteiger partial charge in [0, 0.05) is 11.1 Å². The van der Waals surface area contributed by atoms with Gasteiger partial charge in [-0.2, -0.15) is 5.26 Å². The fourth-order valence-corrected chi connectivity index (χ4v) is 5.83. The van der Waals surface area contributed by atoms with E-state index in [1.54, 1.807) is 18.1 Å². The van der Waals surface area contributed by atoms with Crippen LogP contribution in [0.5, 0.6) is 11.5 Å². The van der Waals surface area contributed by atoms with Gasteiger partial charge in [0.15, 0.2) is 5.17 Å². The molecule has 0 spiro atoms. The van der Waals surface area contributed by atoms with Crippen LogP contribution in [0, 0.1) is 11.3 Å². The molecular weight excluding hydrogens is 554 g/mol. The first-order chi connectivity index (χ1) is 21.1. The summed E-state index contributed by atoms with van der Waals surface area (Å²) < 4.78 is 11.6. The summed E-state index contributed by atoms with van der Waals surface area (Å²) in [7, 11) is 1.63. The molecule has 5 aromatic carbocycles. The number of amides is 1. The first kappa shape index (κ1) is 27.8. The molecule has 1 saturated heterocycles. The van der Waals surface area contributed by atoms with Crippen molar-refractivity contribution in [2.24, 2.45) is 4.99 Å². The number of nitriles is 1. The van der Waals surface area contributed by atoms with Crippen molar-refractivity contribution in [2.75, 3.05) is 7.11 Å². The number of aliphatic imine (C=N–C) groups is 1. The zero-order chi connectivity index (χ0) is 29.6. The molecule has 1 aliphatic heterocycles. The van der Waals surface area contributed by atoms with E-state index in [-0.39, 0.29) is 12.5 Å². The predicted octanol–water partition coefficient (Wildman–Crippen LogP) is 8.10. The molecule has 0 bridgehead atoms. The summed E-state index contributed by atoms with van der Waals surface area (Å²) in [6.45, 7) is 0.590. The second kappa shape index (κ2) is 12.7. The molecule has 0 aliphatic carbocycles. The Morgan fingerprint density at radius 1 is 0.884 bits per heavy atom. The first-order valence-corrected chi connectivity index (χ1v) is 14.6. The third-order valence-electron chi connectivity index (χ3n) is 7.10. The molecule has 1 fully saturated rings. The highest BCUT2D eigenvalue weighted by molar-refractivity contribution is 8.18. The van der Waals surface area contributed by atoms with E-state index in [1.165, 1.54) is 11.8 Å². The highest BCUT2D eigenvalue weighted by Crippen LogP contribution is 2.39. The number of thioether (sulfide) groups is 1. The summed E-state index contributed by atoms with van der Waals surface area (Å²) >= 11 is 1.35. The lowest BCUT2D eigenvalue weighted by Crippen LogP contribution is -2.28. The molecule has 0 N–H and O–H groups in total. The second-order valence-electron chi connectivity index (χ2n) is 9.84. The highest BCUT2D eigenvalue weighted by atomic mass is 32.2. The van der Waals surface area contributed by atoms with Crippen LogP contribution in [-0.4, -0.2) is 23.1 Å². The lowest BCUT2D eigenvalue weighted by atomic mass is 10.0. The maximum Gasteiger partial charge on any atom is 0.267 e. The largest absolute Gasteiger partial charge is 0.497 e. The normalized spacial score (nSPS) is 14.8. The number of para-hydroxylation sites is 1. The zero-order valence-electron chi connectivity index (χ0n) is 23.4. The molecule has 43 heavy (non-hydrogen) atoms. The SMILES string of the molecule is COc1ccc(CN2C(=O)/C(=C/c3c(OCc4ccccc4C#N)ccc4ccccc34)SC2=Nc2ccccc2)cc1. The third kappa shape index (κ3) is 6.15. The summed E-state index contributed by atoms with van der Waals surface area (Å²) in [4.78, 5) is 21.1. The molecular formula is C36H27N3O3S. The van der Waals surface area contributed by atoms with Crippen LogP contribution in [0.3, 0.4) is 0 Å². The minimum Gasteiger partial charge on any atom is -0.497 e. The average Bonchev–Trinajstić information content (AvgIpc) is 3.34. The van der Waals surface area contributed by atoms with E-state index in [4.69, 9.17) is 14.5 Å². The second-order valence-corrected chi connectivity index (χ2v) is 10.8. The van der Waals surface area contributed by atoms with Crippen LogP contribution in [0.4, 0.5) is 5.69 Å². The van der Waals surface area contributed by atoms with Crippen LogP contribution in [0.2, 0.25) is 0 Å². The molecule has 7 heteroatoms. The lowest BCUT2D eigenvalue weighted by molar-refractivity contribution is -0.122. The lowest BCUT2D eigenvalue weighted by Gasteiger charge is -2.16. The van der Waals surface area contributed by atoms with Crippen molar-refractivity contribution < 1.29 is 14.3 Å². The van der Waals surface area contributed by atoms with Gasteiger partial charge in [-0.05, 0) is 70.6 Å². The number of carbonyl (C=O) groups excluding carboxylic acids is 1. The summed E-state index contributed by atoms with van der Waals surface area (Å²) in [6, 6.07) is 38.9. The van der Waals surface area contributed by atoms with Crippen molar-refractivity contribution in [2.45, 2.75) is 13.2 Å². The Morgan fingerprint density at radius 2 is 1.63 bits per heavy atom. The monoisotopic (exact) mass is 581 g/mol. The van der Waals surface area contributed by atoms with Gasteiger partial charge in [0.2, 0.25) is 0 Å². The molecule has 1 aliphatic rings. The van der Waals surface area contributed by atoms with E-state index in [1.807, 2.05) is 115 Å². The summed E-state index contributed by atoms with van der Waals surface area (Å²) in [5, 5.41) is 12.1. The molecule has 6 nitrogen and oxygen atoms in total. The Balaban J connectivity index is 1.39. The van der Waals surface area contributed by atoms with Gasteiger partial charge in [0.25, 0.3) is 5.91 Å². The van der Waals surface area contributed by atoms with Crippen molar-refractivity contribution in [3.63, 3.8) is 0 Å². The average molecular weight is 582 g/mol. The van der Waals surface area contributed by atoms with Crippen LogP contribution in [-0.2, 0) is 17.9 Å². The summed E-state index contributed by atoms with van der Waals surface area (Å²) in [6.07, 6.45) is 1.90. The van der Waals surface area contributed by atoms with E-state index >= 15 is 0 Å². The molecule has 0 atom stereocenters. The van der Waals surface area contributed by atoms with Gasteiger partial charge < -0.3 is 9.47 Å². The van der Waals surface area contributed by atoms with Crippen LogP contribution in [0.1, 0.15) is 22.3 Å². The van der Waals surface area contributed by atoms with Crippen LogP contribution < -0.4 is 9.47 Å². The van der Waals surface area contributed by atoms with Gasteiger partial charge in [-0.25, -0.2) is 4.99 Å². The standard InChI is InChI=1S/C36H27N3O3S/c1-41-30-18-15-25(16-19-30)23-39-35(40)34(43-36(39)38-29-12-3-2-4-13-29)21-32-31-14-8-7-9-26(31)17-20-33(32)42-24-28-11-6-5-10-27(28)22-37/h2-21H,23-24H2,1H3/b34-21-,38-36?. The third-order valence-corrected chi connectivity index (χ3v) is 8.10. The molecule has 0 saturated carbocycles. The summed E-state index contributed by atoms with van der Waals surface area (Å²) in [5.74, 6) is 1.25. The van der Waals surface area contributed by atoms with Gasteiger partial charge >= 0.3 is 0 Å². The van der Waals surface area contributed by atoms with E-state index in [2.05, 4.69) is 6.07 Å². The van der Waals surface area contributed by atoms with E-state index in [0.29, 0.717) is 27.9 Å². The van der Waals surface area contributed by atoms with E-state index < -0.39 is 0 Å². The van der Waals surface area contributed by atoms with Crippen LogP contribution in [0.25, 0.3) is 16.8 Å². The number of nitrogens with zero attached hydrogens (tertiary/aromatic N) is 3. The Bertz CT molecular complexity index is 1890. The van der Waals surface area contributed by atoms with Crippen LogP contribution >= 0.6 is 11.8 Å². The molecule has 0 radical (unpaired) electrons. The fraction of sp³-hybridized carbons (Fsp3) is 0.0833. The topological polar surface area (TPSA) is 74.9 Å². The molecule has 0 aromatic heterocycles. The maximum absolute atomic E-state index is 14.0. The first-order valence-electron chi connectivity index (χ1n) is 13.7. The van der Waals surface area contributed by atoms with Gasteiger partial charge in [-0.3, -0.25) is 9.69 Å². The molecule has 210 valence electrons. The number of hydrogen-bond donors (Lipinski definition) is 0. The Morgan fingerprint density at radius 3 is 2.42 bits per heavy atom. The number of carbonyl (C=O) groups is 1. The molecule has 1 amide bonds. The fourth-order valence-electron chi connectivity index (χ4n) is 4.85. The van der Waals surface area contributed by atoms with Crippen molar-refractivity contribution >= 4 is 45.4 Å². The van der Waals surface area contributed by atoms with Crippen molar-refractivity contribution in [3.8, 4) is 17.6 Å². The number of hydrogen-bond acceptors (Lipinski definition) is 6. The number of benzene rings is 5. The number of methoxy groups -OCH3 is 1. The zero-order valence-corrected chi connectivity index (χ0v) is 24.3. The number of amidine groups is 1. The van der Waals surface area contributed by atoms with E-state index in [9.17, 15) is 10.1 Å². The van der Waals surface area contributed by atoms with E-state index in [0.717, 1.165) is 38.9 Å². The van der Waals surface area contributed by atoms with Gasteiger partial charge in [0.05, 0.1) is 35.9 Å². The number of fused-ring (bicyclic) bond motifs is 1. The van der Waals surface area contributed by atoms with Crippen molar-refractivity contribution in [1.82, 2.24) is 4.90 Å². The quantitative estimate of drug-likeness (QED) is 0.173. The van der Waals surface area contributed by atoms with Crippen LogP contribution in [0.15, 0.2) is 125 Å². The van der Waals surface area contributed by atoms with Gasteiger partial charge in [-0.1, -0.05) is 78.9 Å². The molecule has 5 aromatic rings. The minimum absolute atomic E-state index is 0.135. The van der Waals surface area contributed by atoms with Gasteiger partial charge in [-0.15, -0.1) is 0 Å². The Kier molecular flexibility index (Phi) is 8.21. The molecule has 0 unspecified atom stereocenters. The Hall–Kier alpha value is -5.32. The van der Waals surface area contributed by atoms with Crippen molar-refractivity contribution in [3.05, 3.63) is 142 Å². The minimum atomic E-state index is -0.135. The Labute approximate surface area is 254 Å². The molecule has 6 rings (SSSR count). The number of ether oxygens (including phenoxy) is 2. The summed E-state index contributed by atoms with van der Waals surface area (Å²) in [5.41, 5.74) is 3.90. The van der Waals surface area contributed by atoms with Gasteiger partial charge in [0.1, 0.15) is 18.1 Å². The maximum atomic E-state index is 14.0. The highest BCUT2D eigenvalue weighted by Gasteiger charge is 2.34. The smallest absolute Gasteiger partial charge is 0.267 e. The number of rotatable bonds is 8. The molecule has 1 heterocycles. The van der Waals surface area contributed by atoms with Crippen molar-refractivity contribution in [1.29, 1.82) is 5.26 Å².